The summed E-state index contributed by atoms with van der Waals surface area (Å²) in [6.45, 7) is 6.11. The molecule has 0 aliphatic carbocycles. The number of aliphatic carboxylic acids is 1. The van der Waals surface area contributed by atoms with Gasteiger partial charge >= 0.3 is 5.97 Å². The van der Waals surface area contributed by atoms with E-state index in [1.54, 1.807) is 13.0 Å². The molecular weight excluding hydrogens is 445 g/mol. The average Bonchev–Trinajstić information content (AvgIpc) is 3.41. The molecule has 0 radical (unpaired) electrons. The first kappa shape index (κ1) is 22.8. The lowest BCUT2D eigenvalue weighted by Gasteiger charge is -2.12. The van der Waals surface area contributed by atoms with Crippen LogP contribution in [0.25, 0.3) is 21.5 Å². The quantitative estimate of drug-likeness (QED) is 0.314. The second-order valence-corrected chi connectivity index (χ2v) is 8.49. The summed E-state index contributed by atoms with van der Waals surface area (Å²) in [5, 5.41) is 12.2. The first-order chi connectivity index (χ1) is 15.9. The molecule has 1 atom stereocenters. The van der Waals surface area contributed by atoms with Gasteiger partial charge in [0.15, 0.2) is 0 Å². The monoisotopic (exact) mass is 469 g/mol. The van der Waals surface area contributed by atoms with Gasteiger partial charge in [0, 0.05) is 17.9 Å². The zero-order chi connectivity index (χ0) is 23.5. The van der Waals surface area contributed by atoms with Crippen LogP contribution in [0.2, 0.25) is 0 Å². The Kier molecular flexibility index (Phi) is 6.65. The smallest absolute Gasteiger partial charge is 0.310 e. The lowest BCUT2D eigenvalue weighted by Crippen LogP contribution is -2.08. The molecule has 0 fully saturated rings. The Labute approximate surface area is 194 Å². The maximum atomic E-state index is 13.6. The van der Waals surface area contributed by atoms with E-state index in [1.165, 1.54) is 23.5 Å². The summed E-state index contributed by atoms with van der Waals surface area (Å²) in [6, 6.07) is 9.82. The Bertz CT molecular complexity index is 1300. The number of aryl methyl sites for hydroxylation is 1. The highest BCUT2D eigenvalue weighted by molar-refractivity contribution is 7.17. The number of halogens is 1. The Hall–Kier alpha value is -3.39. The number of hydrogen-bond acceptors (Lipinski definition) is 6. The van der Waals surface area contributed by atoms with E-state index in [1.807, 2.05) is 37.4 Å². The standard InChI is InChI=1S/C25H24FNO5S/c1-4-30-22-13-16(26)5-6-19(22)24-27-20(15(3)32-24)9-11-31-21-8-7-17(14(2)25(28)29)18-10-12-33-23(18)21/h5-8,10,12-14H,4,9,11H2,1-3H3,(H,28,29). The molecule has 2 aromatic carbocycles. The van der Waals surface area contributed by atoms with Crippen LogP contribution < -0.4 is 9.47 Å². The van der Waals surface area contributed by atoms with Crippen molar-refractivity contribution in [3.05, 3.63) is 64.6 Å². The van der Waals surface area contributed by atoms with Gasteiger partial charge < -0.3 is 19.0 Å². The molecule has 0 saturated heterocycles. The van der Waals surface area contributed by atoms with Crippen molar-refractivity contribution in [1.29, 1.82) is 0 Å². The molecule has 1 unspecified atom stereocenters. The van der Waals surface area contributed by atoms with Gasteiger partial charge in [0.1, 0.15) is 23.1 Å². The predicted molar refractivity (Wildman–Crippen MR) is 125 cm³/mol. The van der Waals surface area contributed by atoms with Gasteiger partial charge in [0.25, 0.3) is 0 Å². The Morgan fingerprint density at radius 1 is 1.21 bits per heavy atom. The molecule has 6 nitrogen and oxygen atoms in total. The van der Waals surface area contributed by atoms with Gasteiger partial charge in [0.05, 0.1) is 35.1 Å². The number of aromatic nitrogens is 1. The van der Waals surface area contributed by atoms with Crippen LogP contribution in [-0.2, 0) is 11.2 Å². The molecule has 4 rings (SSSR count). The molecule has 0 bridgehead atoms. The van der Waals surface area contributed by atoms with Gasteiger partial charge in [-0.15, -0.1) is 11.3 Å². The zero-order valence-electron chi connectivity index (χ0n) is 18.6. The van der Waals surface area contributed by atoms with E-state index in [2.05, 4.69) is 4.98 Å². The number of carboxylic acids is 1. The second kappa shape index (κ2) is 9.62. The number of benzene rings is 2. The molecule has 2 aromatic heterocycles. The van der Waals surface area contributed by atoms with Gasteiger partial charge in [-0.05, 0) is 56.0 Å². The summed E-state index contributed by atoms with van der Waals surface area (Å²) in [5.41, 5.74) is 2.11. The molecule has 2 heterocycles. The normalized spacial score (nSPS) is 12.1. The Morgan fingerprint density at radius 2 is 2.03 bits per heavy atom. The summed E-state index contributed by atoms with van der Waals surface area (Å²) in [5.74, 6) is 0.286. The van der Waals surface area contributed by atoms with Gasteiger partial charge in [0.2, 0.25) is 5.89 Å². The first-order valence-corrected chi connectivity index (χ1v) is 11.5. The molecular formula is C25H24FNO5S. The maximum absolute atomic E-state index is 13.6. The minimum absolute atomic E-state index is 0.370. The van der Waals surface area contributed by atoms with E-state index in [4.69, 9.17) is 13.9 Å². The summed E-state index contributed by atoms with van der Waals surface area (Å²) in [4.78, 5) is 16.0. The number of nitrogens with zero attached hydrogens (tertiary/aromatic N) is 1. The SMILES string of the molecule is CCOc1cc(F)ccc1-c1nc(CCOc2ccc(C(C)C(=O)O)c3ccsc23)c(C)o1. The third-order valence-corrected chi connectivity index (χ3v) is 6.34. The summed E-state index contributed by atoms with van der Waals surface area (Å²) >= 11 is 1.52. The number of fused-ring (bicyclic) bond motifs is 1. The van der Waals surface area contributed by atoms with E-state index in [-0.39, 0.29) is 5.82 Å². The molecule has 0 aliphatic rings. The van der Waals surface area contributed by atoms with E-state index >= 15 is 0 Å². The topological polar surface area (TPSA) is 81.8 Å². The van der Waals surface area contributed by atoms with E-state index in [9.17, 15) is 14.3 Å². The van der Waals surface area contributed by atoms with Crippen LogP contribution in [0.15, 0.2) is 46.2 Å². The molecule has 0 spiro atoms. The van der Waals surface area contributed by atoms with E-state index in [0.29, 0.717) is 48.3 Å². The van der Waals surface area contributed by atoms with Crippen molar-refractivity contribution < 1.29 is 28.2 Å². The average molecular weight is 470 g/mol. The Balaban J connectivity index is 1.50. The highest BCUT2D eigenvalue weighted by Gasteiger charge is 2.20. The summed E-state index contributed by atoms with van der Waals surface area (Å²) in [7, 11) is 0. The van der Waals surface area contributed by atoms with Crippen LogP contribution in [0.4, 0.5) is 4.39 Å². The third-order valence-electron chi connectivity index (χ3n) is 5.41. The van der Waals surface area contributed by atoms with Crippen LogP contribution >= 0.6 is 11.3 Å². The third kappa shape index (κ3) is 4.71. The molecule has 0 amide bonds. The van der Waals surface area contributed by atoms with Crippen LogP contribution in [-0.4, -0.2) is 29.3 Å². The lowest BCUT2D eigenvalue weighted by molar-refractivity contribution is -0.138. The molecule has 8 heteroatoms. The maximum Gasteiger partial charge on any atom is 0.310 e. The van der Waals surface area contributed by atoms with E-state index in [0.717, 1.165) is 21.3 Å². The van der Waals surface area contributed by atoms with Crippen LogP contribution in [0.5, 0.6) is 11.5 Å². The zero-order valence-corrected chi connectivity index (χ0v) is 19.4. The second-order valence-electron chi connectivity index (χ2n) is 7.57. The van der Waals surface area contributed by atoms with Crippen LogP contribution in [0.3, 0.4) is 0 Å². The van der Waals surface area contributed by atoms with Crippen molar-refractivity contribution in [3.8, 4) is 23.0 Å². The predicted octanol–water partition coefficient (Wildman–Crippen LogP) is 6.21. The van der Waals surface area contributed by atoms with Crippen molar-refractivity contribution in [2.45, 2.75) is 33.1 Å². The fraction of sp³-hybridized carbons (Fsp3) is 0.280. The lowest BCUT2D eigenvalue weighted by atomic mass is 9.98. The van der Waals surface area contributed by atoms with Gasteiger partial charge in [-0.25, -0.2) is 9.37 Å². The number of ether oxygens (including phenoxy) is 2. The highest BCUT2D eigenvalue weighted by atomic mass is 32.1. The molecule has 0 aliphatic heterocycles. The highest BCUT2D eigenvalue weighted by Crippen LogP contribution is 2.37. The van der Waals surface area contributed by atoms with Crippen molar-refractivity contribution in [2.24, 2.45) is 0 Å². The number of carboxylic acid groups (broad SMARTS) is 1. The van der Waals surface area contributed by atoms with Crippen molar-refractivity contribution >= 4 is 27.4 Å². The van der Waals surface area contributed by atoms with Crippen molar-refractivity contribution in [2.75, 3.05) is 13.2 Å². The fourth-order valence-corrected chi connectivity index (χ4v) is 4.56. The molecule has 33 heavy (non-hydrogen) atoms. The summed E-state index contributed by atoms with van der Waals surface area (Å²) < 4.78 is 31.9. The van der Waals surface area contributed by atoms with E-state index < -0.39 is 11.9 Å². The number of thiophene rings is 1. The minimum Gasteiger partial charge on any atom is -0.493 e. The molecule has 1 N–H and O–H groups in total. The van der Waals surface area contributed by atoms with Gasteiger partial charge in [-0.3, -0.25) is 4.79 Å². The molecule has 0 saturated carbocycles. The van der Waals surface area contributed by atoms with Crippen LogP contribution in [0.1, 0.15) is 36.8 Å². The number of oxazole rings is 1. The van der Waals surface area contributed by atoms with Gasteiger partial charge in [-0.2, -0.15) is 0 Å². The fourth-order valence-electron chi connectivity index (χ4n) is 3.66. The number of carbonyl (C=O) groups is 1. The minimum atomic E-state index is -0.859. The van der Waals surface area contributed by atoms with Crippen molar-refractivity contribution in [3.63, 3.8) is 0 Å². The Morgan fingerprint density at radius 3 is 2.79 bits per heavy atom. The van der Waals surface area contributed by atoms with Crippen molar-refractivity contribution in [1.82, 2.24) is 4.98 Å². The molecule has 172 valence electrons. The van der Waals surface area contributed by atoms with Crippen LogP contribution in [0, 0.1) is 12.7 Å². The number of hydrogen-bond donors (Lipinski definition) is 1. The summed E-state index contributed by atoms with van der Waals surface area (Å²) in [6.07, 6.45) is 0.515. The first-order valence-electron chi connectivity index (χ1n) is 10.6. The molecule has 4 aromatic rings. The largest absolute Gasteiger partial charge is 0.493 e. The number of rotatable bonds is 9. The van der Waals surface area contributed by atoms with Gasteiger partial charge in [-0.1, -0.05) is 6.07 Å².